The molecule has 0 aliphatic rings. The van der Waals surface area contributed by atoms with Gasteiger partial charge in [0.15, 0.2) is 0 Å². The highest BCUT2D eigenvalue weighted by Crippen LogP contribution is 2.11. The molecular formula is C16H22N2O5. The van der Waals surface area contributed by atoms with Crippen molar-refractivity contribution < 1.29 is 23.9 Å². The molecule has 7 nitrogen and oxygen atoms in total. The number of carbonyl (C=O) groups is 3. The topological polar surface area (TPSA) is 93.7 Å². The van der Waals surface area contributed by atoms with E-state index in [1.54, 1.807) is 0 Å². The molecule has 0 saturated heterocycles. The predicted octanol–water partition coefficient (Wildman–Crippen LogP) is 1.54. The van der Waals surface area contributed by atoms with Gasteiger partial charge in [-0.25, -0.2) is 9.59 Å². The van der Waals surface area contributed by atoms with E-state index in [9.17, 15) is 14.4 Å². The van der Waals surface area contributed by atoms with Crippen molar-refractivity contribution in [3.05, 3.63) is 35.9 Å². The minimum atomic E-state index is -0.915. The summed E-state index contributed by atoms with van der Waals surface area (Å²) in [5.74, 6) is -1.07. The number of hydrogen-bond acceptors (Lipinski definition) is 5. The molecule has 2 atom stereocenters. The van der Waals surface area contributed by atoms with Crippen LogP contribution in [-0.4, -0.2) is 38.2 Å². The molecule has 1 rings (SSSR count). The zero-order valence-electron chi connectivity index (χ0n) is 13.5. The number of esters is 2. The number of ether oxygens (including phenoxy) is 2. The second-order valence-corrected chi connectivity index (χ2v) is 4.94. The fourth-order valence-corrected chi connectivity index (χ4v) is 1.98. The van der Waals surface area contributed by atoms with E-state index in [1.807, 2.05) is 37.3 Å². The number of hydrogen-bond donors (Lipinski definition) is 2. The monoisotopic (exact) mass is 322 g/mol. The molecule has 0 aromatic heterocycles. The molecular weight excluding hydrogens is 300 g/mol. The Labute approximate surface area is 135 Å². The third-order valence-electron chi connectivity index (χ3n) is 3.30. The van der Waals surface area contributed by atoms with Gasteiger partial charge >= 0.3 is 18.0 Å². The molecule has 126 valence electrons. The summed E-state index contributed by atoms with van der Waals surface area (Å²) < 4.78 is 9.16. The predicted molar refractivity (Wildman–Crippen MR) is 83.6 cm³/mol. The van der Waals surface area contributed by atoms with Crippen LogP contribution in [0.1, 0.15) is 31.4 Å². The molecule has 0 spiro atoms. The van der Waals surface area contributed by atoms with Crippen LogP contribution in [0, 0.1) is 0 Å². The molecule has 0 bridgehead atoms. The summed E-state index contributed by atoms with van der Waals surface area (Å²) in [4.78, 5) is 34.9. The summed E-state index contributed by atoms with van der Waals surface area (Å²) in [5, 5.41) is 5.25. The summed E-state index contributed by atoms with van der Waals surface area (Å²) in [7, 11) is 2.48. The van der Waals surface area contributed by atoms with Crippen molar-refractivity contribution in [3.63, 3.8) is 0 Å². The van der Waals surface area contributed by atoms with Crippen molar-refractivity contribution in [3.8, 4) is 0 Å². The van der Waals surface area contributed by atoms with Crippen molar-refractivity contribution in [1.29, 1.82) is 0 Å². The molecule has 1 aromatic rings. The Morgan fingerprint density at radius 2 is 1.70 bits per heavy atom. The molecule has 0 aliphatic heterocycles. The fourth-order valence-electron chi connectivity index (χ4n) is 1.98. The number of benzene rings is 1. The second kappa shape index (κ2) is 9.45. The standard InChI is InChI=1S/C16H22N2O5/c1-11(12-7-5-4-6-8-12)17-16(21)18-13(15(20)23-3)9-10-14(19)22-2/h4-8,11,13H,9-10H2,1-3H3,(H2,17,18,21)/t11-,13+/m0/s1. The highest BCUT2D eigenvalue weighted by molar-refractivity contribution is 5.84. The average Bonchev–Trinajstić information content (AvgIpc) is 2.58. The normalized spacial score (nSPS) is 12.7. The Kier molecular flexibility index (Phi) is 7.59. The number of amides is 2. The van der Waals surface area contributed by atoms with Crippen molar-refractivity contribution in [2.24, 2.45) is 0 Å². The maximum atomic E-state index is 12.0. The van der Waals surface area contributed by atoms with Crippen LogP contribution in [-0.2, 0) is 19.1 Å². The smallest absolute Gasteiger partial charge is 0.328 e. The maximum Gasteiger partial charge on any atom is 0.328 e. The van der Waals surface area contributed by atoms with Gasteiger partial charge in [-0.05, 0) is 18.9 Å². The first-order valence-electron chi connectivity index (χ1n) is 7.24. The van der Waals surface area contributed by atoms with Gasteiger partial charge in [0.2, 0.25) is 0 Å². The van der Waals surface area contributed by atoms with Gasteiger partial charge < -0.3 is 20.1 Å². The molecule has 2 amide bonds. The van der Waals surface area contributed by atoms with E-state index in [0.29, 0.717) is 0 Å². The zero-order chi connectivity index (χ0) is 17.2. The van der Waals surface area contributed by atoms with E-state index in [4.69, 9.17) is 0 Å². The molecule has 23 heavy (non-hydrogen) atoms. The maximum absolute atomic E-state index is 12.0. The first-order valence-corrected chi connectivity index (χ1v) is 7.24. The van der Waals surface area contributed by atoms with Crippen molar-refractivity contribution in [2.45, 2.75) is 31.8 Å². The van der Waals surface area contributed by atoms with E-state index in [-0.39, 0.29) is 18.9 Å². The summed E-state index contributed by atoms with van der Waals surface area (Å²) in [6.07, 6.45) is 0.108. The largest absolute Gasteiger partial charge is 0.469 e. The molecule has 7 heteroatoms. The first kappa shape index (κ1) is 18.5. The summed E-state index contributed by atoms with van der Waals surface area (Å²) in [6.45, 7) is 1.83. The molecule has 0 unspecified atom stereocenters. The van der Waals surface area contributed by atoms with Crippen LogP contribution in [0.3, 0.4) is 0 Å². The van der Waals surface area contributed by atoms with E-state index in [1.165, 1.54) is 14.2 Å². The number of carbonyl (C=O) groups excluding carboxylic acids is 3. The molecule has 0 fully saturated rings. The van der Waals surface area contributed by atoms with Crippen molar-refractivity contribution in [1.82, 2.24) is 10.6 Å². The third kappa shape index (κ3) is 6.37. The molecule has 0 radical (unpaired) electrons. The third-order valence-corrected chi connectivity index (χ3v) is 3.30. The lowest BCUT2D eigenvalue weighted by molar-refractivity contribution is -0.144. The molecule has 1 aromatic carbocycles. The zero-order valence-corrected chi connectivity index (χ0v) is 13.5. The van der Waals surface area contributed by atoms with Crippen LogP contribution in [0.4, 0.5) is 4.79 Å². The highest BCUT2D eigenvalue weighted by Gasteiger charge is 2.23. The van der Waals surface area contributed by atoms with Crippen LogP contribution in [0.15, 0.2) is 30.3 Å². The average molecular weight is 322 g/mol. The minimum Gasteiger partial charge on any atom is -0.469 e. The quantitative estimate of drug-likeness (QED) is 0.743. The van der Waals surface area contributed by atoms with Gasteiger partial charge in [0.05, 0.1) is 20.3 Å². The van der Waals surface area contributed by atoms with Gasteiger partial charge in [0, 0.05) is 6.42 Å². The fraction of sp³-hybridized carbons (Fsp3) is 0.438. The summed E-state index contributed by atoms with van der Waals surface area (Å²) in [5.41, 5.74) is 0.937. The number of urea groups is 1. The lowest BCUT2D eigenvalue weighted by atomic mass is 10.1. The Morgan fingerprint density at radius 3 is 2.26 bits per heavy atom. The first-order chi connectivity index (χ1) is 11.0. The Morgan fingerprint density at radius 1 is 1.04 bits per heavy atom. The SMILES string of the molecule is COC(=O)CC[C@@H](NC(=O)N[C@@H](C)c1ccccc1)C(=O)OC. The lowest BCUT2D eigenvalue weighted by Gasteiger charge is -2.19. The van der Waals surface area contributed by atoms with Crippen LogP contribution < -0.4 is 10.6 Å². The highest BCUT2D eigenvalue weighted by atomic mass is 16.5. The van der Waals surface area contributed by atoms with Crippen LogP contribution >= 0.6 is 0 Å². The minimum absolute atomic E-state index is 0.00475. The van der Waals surface area contributed by atoms with Gasteiger partial charge in [0.1, 0.15) is 6.04 Å². The van der Waals surface area contributed by atoms with Gasteiger partial charge in [-0.15, -0.1) is 0 Å². The van der Waals surface area contributed by atoms with Gasteiger partial charge in [0.25, 0.3) is 0 Å². The molecule has 0 aliphatic carbocycles. The van der Waals surface area contributed by atoms with Crippen LogP contribution in [0.5, 0.6) is 0 Å². The van der Waals surface area contributed by atoms with Crippen LogP contribution in [0.2, 0.25) is 0 Å². The number of rotatable bonds is 7. The van der Waals surface area contributed by atoms with E-state index >= 15 is 0 Å². The Bertz CT molecular complexity index is 533. The second-order valence-electron chi connectivity index (χ2n) is 4.94. The number of nitrogens with one attached hydrogen (secondary N) is 2. The number of methoxy groups -OCH3 is 2. The van der Waals surface area contributed by atoms with E-state index in [2.05, 4.69) is 20.1 Å². The molecule has 0 heterocycles. The van der Waals surface area contributed by atoms with Crippen LogP contribution in [0.25, 0.3) is 0 Å². The molecule has 0 saturated carbocycles. The van der Waals surface area contributed by atoms with Gasteiger partial charge in [-0.1, -0.05) is 30.3 Å². The van der Waals surface area contributed by atoms with E-state index in [0.717, 1.165) is 5.56 Å². The lowest BCUT2D eigenvalue weighted by Crippen LogP contribution is -2.47. The Balaban J connectivity index is 2.58. The van der Waals surface area contributed by atoms with Gasteiger partial charge in [-0.3, -0.25) is 4.79 Å². The van der Waals surface area contributed by atoms with Gasteiger partial charge in [-0.2, -0.15) is 0 Å². The van der Waals surface area contributed by atoms with E-state index < -0.39 is 24.0 Å². The molecule has 2 N–H and O–H groups in total. The summed E-state index contributed by atoms with van der Waals surface area (Å²) in [6, 6.07) is 7.76. The summed E-state index contributed by atoms with van der Waals surface area (Å²) >= 11 is 0. The van der Waals surface area contributed by atoms with Crippen molar-refractivity contribution >= 4 is 18.0 Å². The van der Waals surface area contributed by atoms with Crippen molar-refractivity contribution in [2.75, 3.05) is 14.2 Å². The Hall–Kier alpha value is -2.57.